The van der Waals surface area contributed by atoms with Gasteiger partial charge in [-0.2, -0.15) is 0 Å². The van der Waals surface area contributed by atoms with Crippen LogP contribution in [-0.4, -0.2) is 33.0 Å². The van der Waals surface area contributed by atoms with Crippen molar-refractivity contribution in [3.05, 3.63) is 70.0 Å². The number of halogens is 2. The number of thioether (sulfide) groups is 1. The van der Waals surface area contributed by atoms with Gasteiger partial charge >= 0.3 is 0 Å². The van der Waals surface area contributed by atoms with E-state index in [4.69, 9.17) is 23.2 Å². The first-order valence-electron chi connectivity index (χ1n) is 10.3. The summed E-state index contributed by atoms with van der Waals surface area (Å²) in [6, 6.07) is 15.7. The lowest BCUT2D eigenvalue weighted by atomic mass is 10.1. The first kappa shape index (κ1) is 23.6. The topological polar surface area (TPSA) is 59.8 Å². The summed E-state index contributed by atoms with van der Waals surface area (Å²) in [4.78, 5) is 11.9. The Kier molecular flexibility index (Phi) is 8.81. The maximum Gasteiger partial charge on any atom is 0.220 e. The van der Waals surface area contributed by atoms with E-state index in [-0.39, 0.29) is 5.91 Å². The summed E-state index contributed by atoms with van der Waals surface area (Å²) in [5.74, 6) is 2.12. The molecule has 164 valence electrons. The maximum atomic E-state index is 11.9. The second-order valence-corrected chi connectivity index (χ2v) is 9.52. The van der Waals surface area contributed by atoms with Crippen LogP contribution in [0.2, 0.25) is 10.0 Å². The highest BCUT2D eigenvalue weighted by molar-refractivity contribution is 7.99. The molecule has 0 aliphatic rings. The van der Waals surface area contributed by atoms with Crippen molar-refractivity contribution in [3.63, 3.8) is 0 Å². The van der Waals surface area contributed by atoms with E-state index in [2.05, 4.69) is 41.5 Å². The summed E-state index contributed by atoms with van der Waals surface area (Å²) < 4.78 is 2.01. The molecule has 1 amide bonds. The molecule has 0 atom stereocenters. The Morgan fingerprint density at radius 1 is 1.10 bits per heavy atom. The van der Waals surface area contributed by atoms with Gasteiger partial charge in [-0.05, 0) is 36.1 Å². The number of nitrogens with one attached hydrogen (secondary N) is 1. The zero-order valence-corrected chi connectivity index (χ0v) is 20.0. The van der Waals surface area contributed by atoms with Gasteiger partial charge in [0.1, 0.15) is 5.82 Å². The molecule has 0 saturated carbocycles. The Balaban J connectivity index is 1.73. The minimum Gasteiger partial charge on any atom is -0.356 e. The number of carbonyl (C=O) groups excluding carboxylic acids is 1. The predicted molar refractivity (Wildman–Crippen MR) is 128 cm³/mol. The Bertz CT molecular complexity index is 1010. The van der Waals surface area contributed by atoms with Crippen LogP contribution < -0.4 is 5.32 Å². The van der Waals surface area contributed by atoms with Gasteiger partial charge in [-0.3, -0.25) is 9.36 Å². The summed E-state index contributed by atoms with van der Waals surface area (Å²) in [6.45, 7) is 4.87. The molecule has 0 unspecified atom stereocenters. The standard InChI is InChI=1S/C23H26Cl2N4OS/c1-16(2)15-26-22(30)9-6-12-31-23-28-27-21(13-17-7-4-3-5-8-17)29(23)18-10-11-19(24)20(25)14-18/h3-5,7-8,10-11,14,16H,6,9,12-13,15H2,1-2H3,(H,26,30). The van der Waals surface area contributed by atoms with E-state index in [0.29, 0.717) is 35.3 Å². The molecule has 0 fully saturated rings. The molecule has 31 heavy (non-hydrogen) atoms. The van der Waals surface area contributed by atoms with Gasteiger partial charge in [0, 0.05) is 25.1 Å². The summed E-state index contributed by atoms with van der Waals surface area (Å²) in [6.07, 6.45) is 1.90. The first-order chi connectivity index (χ1) is 14.9. The third kappa shape index (κ3) is 6.99. The van der Waals surface area contributed by atoms with Crippen molar-refractivity contribution in [3.8, 4) is 5.69 Å². The summed E-state index contributed by atoms with van der Waals surface area (Å²) >= 11 is 14.0. The van der Waals surface area contributed by atoms with Gasteiger partial charge in [0.2, 0.25) is 5.91 Å². The van der Waals surface area contributed by atoms with Crippen molar-refractivity contribution in [2.75, 3.05) is 12.3 Å². The second-order valence-electron chi connectivity index (χ2n) is 7.64. The van der Waals surface area contributed by atoms with Crippen molar-refractivity contribution in [1.82, 2.24) is 20.1 Å². The molecular formula is C23H26Cl2N4OS. The molecule has 1 heterocycles. The number of amides is 1. The van der Waals surface area contributed by atoms with E-state index in [0.717, 1.165) is 34.4 Å². The molecular weight excluding hydrogens is 451 g/mol. The van der Waals surface area contributed by atoms with E-state index in [1.54, 1.807) is 17.8 Å². The minimum absolute atomic E-state index is 0.0880. The van der Waals surface area contributed by atoms with Crippen LogP contribution in [0.25, 0.3) is 5.69 Å². The quantitative estimate of drug-likeness (QED) is 0.296. The van der Waals surface area contributed by atoms with Crippen LogP contribution in [0.15, 0.2) is 53.7 Å². The van der Waals surface area contributed by atoms with Crippen molar-refractivity contribution >= 4 is 40.9 Å². The van der Waals surface area contributed by atoms with E-state index in [1.165, 1.54) is 0 Å². The molecule has 0 radical (unpaired) electrons. The second kappa shape index (κ2) is 11.6. The SMILES string of the molecule is CC(C)CNC(=O)CCCSc1nnc(Cc2ccccc2)n1-c1ccc(Cl)c(Cl)c1. The highest BCUT2D eigenvalue weighted by atomic mass is 35.5. The summed E-state index contributed by atoms with van der Waals surface area (Å²) in [5, 5.41) is 13.6. The average molecular weight is 477 g/mol. The zero-order chi connectivity index (χ0) is 22.2. The number of aromatic nitrogens is 3. The van der Waals surface area contributed by atoms with E-state index in [9.17, 15) is 4.79 Å². The number of rotatable bonds is 10. The van der Waals surface area contributed by atoms with E-state index < -0.39 is 0 Å². The van der Waals surface area contributed by atoms with Gasteiger partial charge in [0.25, 0.3) is 0 Å². The highest BCUT2D eigenvalue weighted by Crippen LogP contribution is 2.29. The Morgan fingerprint density at radius 3 is 2.58 bits per heavy atom. The Morgan fingerprint density at radius 2 is 1.87 bits per heavy atom. The third-order valence-corrected chi connectivity index (χ3v) is 6.31. The molecule has 1 aromatic heterocycles. The average Bonchev–Trinajstić information content (AvgIpc) is 3.14. The van der Waals surface area contributed by atoms with Gasteiger partial charge < -0.3 is 5.32 Å². The van der Waals surface area contributed by atoms with Gasteiger partial charge in [0.05, 0.1) is 15.7 Å². The van der Waals surface area contributed by atoms with E-state index in [1.807, 2.05) is 34.9 Å². The van der Waals surface area contributed by atoms with Crippen molar-refractivity contribution in [1.29, 1.82) is 0 Å². The van der Waals surface area contributed by atoms with Gasteiger partial charge in [-0.1, -0.05) is 79.1 Å². The number of hydrogen-bond donors (Lipinski definition) is 1. The van der Waals surface area contributed by atoms with Crippen LogP contribution in [0.4, 0.5) is 0 Å². The number of hydrogen-bond acceptors (Lipinski definition) is 4. The fraction of sp³-hybridized carbons (Fsp3) is 0.348. The van der Waals surface area contributed by atoms with Crippen molar-refractivity contribution in [2.24, 2.45) is 5.92 Å². The van der Waals surface area contributed by atoms with Crippen LogP contribution in [-0.2, 0) is 11.2 Å². The lowest BCUT2D eigenvalue weighted by Gasteiger charge is -2.11. The predicted octanol–water partition coefficient (Wildman–Crippen LogP) is 5.81. The monoisotopic (exact) mass is 476 g/mol. The molecule has 5 nitrogen and oxygen atoms in total. The lowest BCUT2D eigenvalue weighted by Crippen LogP contribution is -2.27. The van der Waals surface area contributed by atoms with Crippen molar-refractivity contribution in [2.45, 2.75) is 38.3 Å². The van der Waals surface area contributed by atoms with Gasteiger partial charge in [-0.25, -0.2) is 0 Å². The number of carbonyl (C=O) groups is 1. The van der Waals surface area contributed by atoms with Crippen LogP contribution in [0.1, 0.15) is 38.1 Å². The molecule has 1 N–H and O–H groups in total. The third-order valence-electron chi connectivity index (χ3n) is 4.55. The molecule has 8 heteroatoms. The van der Waals surface area contributed by atoms with Crippen LogP contribution in [0.3, 0.4) is 0 Å². The van der Waals surface area contributed by atoms with Gasteiger partial charge in [-0.15, -0.1) is 10.2 Å². The van der Waals surface area contributed by atoms with Crippen LogP contribution in [0, 0.1) is 5.92 Å². The molecule has 0 aliphatic carbocycles. The Labute approximate surface area is 197 Å². The number of nitrogens with zero attached hydrogens (tertiary/aromatic N) is 3. The largest absolute Gasteiger partial charge is 0.356 e. The molecule has 2 aromatic carbocycles. The zero-order valence-electron chi connectivity index (χ0n) is 17.6. The van der Waals surface area contributed by atoms with Gasteiger partial charge in [0.15, 0.2) is 5.16 Å². The normalized spacial score (nSPS) is 11.1. The first-order valence-corrected chi connectivity index (χ1v) is 12.0. The van der Waals surface area contributed by atoms with E-state index >= 15 is 0 Å². The van der Waals surface area contributed by atoms with Crippen LogP contribution in [0.5, 0.6) is 0 Å². The summed E-state index contributed by atoms with van der Waals surface area (Å²) in [5.41, 5.74) is 2.01. The molecule has 0 aliphatic heterocycles. The molecule has 0 spiro atoms. The van der Waals surface area contributed by atoms with Crippen molar-refractivity contribution < 1.29 is 4.79 Å². The maximum absolute atomic E-state index is 11.9. The fourth-order valence-corrected chi connectivity index (χ4v) is 4.17. The highest BCUT2D eigenvalue weighted by Gasteiger charge is 2.16. The fourth-order valence-electron chi connectivity index (χ4n) is 2.97. The molecule has 0 saturated heterocycles. The molecule has 0 bridgehead atoms. The minimum atomic E-state index is 0.0880. The molecule has 3 aromatic rings. The Hall–Kier alpha value is -2.02. The smallest absolute Gasteiger partial charge is 0.220 e. The molecule has 3 rings (SSSR count). The number of benzene rings is 2. The van der Waals surface area contributed by atoms with Crippen LogP contribution >= 0.6 is 35.0 Å². The lowest BCUT2D eigenvalue weighted by molar-refractivity contribution is -0.121. The summed E-state index contributed by atoms with van der Waals surface area (Å²) in [7, 11) is 0.